The van der Waals surface area contributed by atoms with Crippen molar-refractivity contribution in [2.24, 2.45) is 5.73 Å². The lowest BCUT2D eigenvalue weighted by molar-refractivity contribution is 0.511. The molecule has 0 saturated heterocycles. The predicted octanol–water partition coefficient (Wildman–Crippen LogP) is 1.76. The predicted molar refractivity (Wildman–Crippen MR) is 63.9 cm³/mol. The number of nitrogens with one attached hydrogen (secondary N) is 1. The third-order valence-corrected chi connectivity index (χ3v) is 2.99. The van der Waals surface area contributed by atoms with Gasteiger partial charge in [-0.15, -0.1) is 5.10 Å². The molecule has 0 bridgehead atoms. The highest BCUT2D eigenvalue weighted by Crippen LogP contribution is 2.26. The van der Waals surface area contributed by atoms with Gasteiger partial charge in [-0.1, -0.05) is 11.2 Å². The molecular weight excluding hydrogens is 216 g/mol. The fourth-order valence-electron chi connectivity index (χ4n) is 2.16. The number of hydrogen-bond donors (Lipinski definition) is 2. The summed E-state index contributed by atoms with van der Waals surface area (Å²) < 4.78 is 5.30. The lowest BCUT2D eigenvalue weighted by Crippen LogP contribution is -1.95. The topological polar surface area (TPSA) is 77.0 Å². The number of benzene rings is 1. The number of nitrogens with two attached hydrogens (primary N) is 1. The molecule has 2 aromatic rings. The van der Waals surface area contributed by atoms with Gasteiger partial charge in [-0.05, 0) is 42.5 Å². The monoisotopic (exact) mass is 230 g/mol. The first-order valence-corrected chi connectivity index (χ1v) is 5.76. The number of fused-ring (bicyclic) bond motifs is 1. The van der Waals surface area contributed by atoms with Crippen molar-refractivity contribution in [1.82, 2.24) is 10.2 Å². The lowest BCUT2D eigenvalue weighted by atomic mass is 10.1. The molecule has 1 aromatic carbocycles. The standard InChI is InChI=1S/C12H14N4O/c13-7-11-15-16-12(17-11)14-10-5-4-8-2-1-3-9(8)6-10/h4-6H,1-3,7,13H2,(H,14,16). The molecule has 88 valence electrons. The second-order valence-corrected chi connectivity index (χ2v) is 4.17. The highest BCUT2D eigenvalue weighted by Gasteiger charge is 2.11. The summed E-state index contributed by atoms with van der Waals surface area (Å²) in [4.78, 5) is 0. The van der Waals surface area contributed by atoms with Crippen molar-refractivity contribution in [3.05, 3.63) is 35.2 Å². The molecule has 0 radical (unpaired) electrons. The second-order valence-electron chi connectivity index (χ2n) is 4.17. The van der Waals surface area contributed by atoms with Gasteiger partial charge in [0.1, 0.15) is 0 Å². The van der Waals surface area contributed by atoms with Crippen LogP contribution in [0, 0.1) is 0 Å². The molecule has 0 saturated carbocycles. The number of hydrogen-bond acceptors (Lipinski definition) is 5. The van der Waals surface area contributed by atoms with Crippen LogP contribution >= 0.6 is 0 Å². The average molecular weight is 230 g/mol. The Bertz CT molecular complexity index is 535. The zero-order valence-corrected chi connectivity index (χ0v) is 9.44. The van der Waals surface area contributed by atoms with Crippen LogP contribution in [-0.2, 0) is 19.4 Å². The molecule has 1 aliphatic carbocycles. The first-order chi connectivity index (χ1) is 8.35. The van der Waals surface area contributed by atoms with Crippen LogP contribution in [0.5, 0.6) is 0 Å². The number of aromatic nitrogens is 2. The number of rotatable bonds is 3. The van der Waals surface area contributed by atoms with Crippen molar-refractivity contribution >= 4 is 11.7 Å². The summed E-state index contributed by atoms with van der Waals surface area (Å²) in [5, 5.41) is 10.8. The van der Waals surface area contributed by atoms with E-state index < -0.39 is 0 Å². The highest BCUT2D eigenvalue weighted by molar-refractivity contribution is 5.55. The van der Waals surface area contributed by atoms with Gasteiger partial charge in [0.15, 0.2) is 0 Å². The van der Waals surface area contributed by atoms with Crippen LogP contribution in [-0.4, -0.2) is 10.2 Å². The van der Waals surface area contributed by atoms with E-state index in [1.807, 2.05) is 6.07 Å². The Kier molecular flexibility index (Phi) is 2.53. The first kappa shape index (κ1) is 10.3. The maximum Gasteiger partial charge on any atom is 0.320 e. The van der Waals surface area contributed by atoms with Gasteiger partial charge in [0.25, 0.3) is 0 Å². The van der Waals surface area contributed by atoms with E-state index in [-0.39, 0.29) is 6.54 Å². The molecule has 5 heteroatoms. The fourth-order valence-corrected chi connectivity index (χ4v) is 2.16. The van der Waals surface area contributed by atoms with E-state index in [0.29, 0.717) is 11.9 Å². The third kappa shape index (κ3) is 2.01. The molecule has 1 aromatic heterocycles. The van der Waals surface area contributed by atoms with Gasteiger partial charge in [0.2, 0.25) is 5.89 Å². The SMILES string of the molecule is NCc1nnc(Nc2ccc3c(c2)CCC3)o1. The molecule has 0 fully saturated rings. The minimum absolute atomic E-state index is 0.263. The molecule has 0 aliphatic heterocycles. The van der Waals surface area contributed by atoms with Crippen LogP contribution in [0.15, 0.2) is 22.6 Å². The summed E-state index contributed by atoms with van der Waals surface area (Å²) in [6.07, 6.45) is 3.59. The summed E-state index contributed by atoms with van der Waals surface area (Å²) in [7, 11) is 0. The molecule has 0 amide bonds. The van der Waals surface area contributed by atoms with Gasteiger partial charge in [0, 0.05) is 5.69 Å². The van der Waals surface area contributed by atoms with Crippen LogP contribution in [0.4, 0.5) is 11.7 Å². The molecule has 3 N–H and O–H groups in total. The van der Waals surface area contributed by atoms with Crippen LogP contribution < -0.4 is 11.1 Å². The molecule has 1 aliphatic rings. The summed E-state index contributed by atoms with van der Waals surface area (Å²) in [6.45, 7) is 0.263. The second kappa shape index (κ2) is 4.18. The Morgan fingerprint density at radius 3 is 2.94 bits per heavy atom. The number of nitrogens with zero attached hydrogens (tertiary/aromatic N) is 2. The summed E-state index contributed by atoms with van der Waals surface area (Å²) >= 11 is 0. The van der Waals surface area contributed by atoms with Crippen LogP contribution in [0.1, 0.15) is 23.4 Å². The van der Waals surface area contributed by atoms with Crippen molar-refractivity contribution in [3.8, 4) is 0 Å². The molecule has 0 spiro atoms. The Morgan fingerprint density at radius 2 is 2.12 bits per heavy atom. The average Bonchev–Trinajstić information content (AvgIpc) is 2.96. The Balaban J connectivity index is 1.80. The molecular formula is C12H14N4O. The van der Waals surface area contributed by atoms with Crippen molar-refractivity contribution in [1.29, 1.82) is 0 Å². The number of anilines is 2. The minimum atomic E-state index is 0.263. The Labute approximate surface area is 99.0 Å². The van der Waals surface area contributed by atoms with Gasteiger partial charge < -0.3 is 15.5 Å². The van der Waals surface area contributed by atoms with E-state index >= 15 is 0 Å². The first-order valence-electron chi connectivity index (χ1n) is 5.76. The third-order valence-electron chi connectivity index (χ3n) is 2.99. The van der Waals surface area contributed by atoms with Gasteiger partial charge in [-0.25, -0.2) is 0 Å². The van der Waals surface area contributed by atoms with Gasteiger partial charge in [-0.3, -0.25) is 0 Å². The van der Waals surface area contributed by atoms with Crippen molar-refractivity contribution < 1.29 is 4.42 Å². The van der Waals surface area contributed by atoms with Gasteiger partial charge in [-0.2, -0.15) is 0 Å². The van der Waals surface area contributed by atoms with E-state index in [4.69, 9.17) is 10.2 Å². The molecule has 5 nitrogen and oxygen atoms in total. The normalized spacial score (nSPS) is 13.7. The molecule has 0 unspecified atom stereocenters. The molecule has 17 heavy (non-hydrogen) atoms. The van der Waals surface area contributed by atoms with Crippen molar-refractivity contribution in [3.63, 3.8) is 0 Å². The lowest BCUT2D eigenvalue weighted by Gasteiger charge is -2.04. The zero-order chi connectivity index (χ0) is 11.7. The fraction of sp³-hybridized carbons (Fsp3) is 0.333. The van der Waals surface area contributed by atoms with Gasteiger partial charge in [0.05, 0.1) is 6.54 Å². The van der Waals surface area contributed by atoms with E-state index in [2.05, 4.69) is 27.6 Å². The highest BCUT2D eigenvalue weighted by atomic mass is 16.4. The zero-order valence-electron chi connectivity index (χ0n) is 9.44. The summed E-state index contributed by atoms with van der Waals surface area (Å²) in [6, 6.07) is 6.74. The van der Waals surface area contributed by atoms with E-state index in [0.717, 1.165) is 12.1 Å². The maximum absolute atomic E-state index is 5.41. The number of aryl methyl sites for hydroxylation is 2. The largest absolute Gasteiger partial charge is 0.406 e. The molecule has 0 atom stereocenters. The Hall–Kier alpha value is -1.88. The summed E-state index contributed by atoms with van der Waals surface area (Å²) in [5.74, 6) is 0.439. The van der Waals surface area contributed by atoms with Crippen LogP contribution in [0.3, 0.4) is 0 Å². The maximum atomic E-state index is 5.41. The quantitative estimate of drug-likeness (QED) is 0.840. The summed E-state index contributed by atoms with van der Waals surface area (Å²) in [5.41, 5.74) is 9.25. The van der Waals surface area contributed by atoms with Crippen molar-refractivity contribution in [2.75, 3.05) is 5.32 Å². The van der Waals surface area contributed by atoms with Crippen LogP contribution in [0.2, 0.25) is 0 Å². The van der Waals surface area contributed by atoms with E-state index in [1.165, 1.54) is 24.0 Å². The molecule has 3 rings (SSSR count). The van der Waals surface area contributed by atoms with Gasteiger partial charge >= 0.3 is 6.01 Å². The van der Waals surface area contributed by atoms with Crippen LogP contribution in [0.25, 0.3) is 0 Å². The van der Waals surface area contributed by atoms with E-state index in [9.17, 15) is 0 Å². The van der Waals surface area contributed by atoms with Crippen molar-refractivity contribution in [2.45, 2.75) is 25.8 Å². The minimum Gasteiger partial charge on any atom is -0.406 e. The Morgan fingerprint density at radius 1 is 1.24 bits per heavy atom. The smallest absolute Gasteiger partial charge is 0.320 e. The van der Waals surface area contributed by atoms with E-state index in [1.54, 1.807) is 0 Å². The molecule has 1 heterocycles.